The Kier molecular flexibility index (Phi) is 4.26. The Balaban J connectivity index is 1.89. The normalized spacial score (nSPS) is 10.5. The van der Waals surface area contributed by atoms with Crippen molar-refractivity contribution in [3.63, 3.8) is 0 Å². The second-order valence-corrected chi connectivity index (χ2v) is 6.91. The Bertz CT molecular complexity index is 842. The minimum absolute atomic E-state index is 0.190. The molecule has 0 spiro atoms. The van der Waals surface area contributed by atoms with E-state index < -0.39 is 0 Å². The van der Waals surface area contributed by atoms with Crippen LogP contribution in [0.15, 0.2) is 42.6 Å². The predicted molar refractivity (Wildman–Crippen MR) is 83.4 cm³/mol. The molecule has 0 radical (unpaired) electrons. The van der Waals surface area contributed by atoms with E-state index in [0.29, 0.717) is 20.9 Å². The van der Waals surface area contributed by atoms with Crippen molar-refractivity contribution in [1.29, 1.82) is 5.26 Å². The van der Waals surface area contributed by atoms with Gasteiger partial charge in [0.2, 0.25) is 5.89 Å². The van der Waals surface area contributed by atoms with Crippen LogP contribution in [0.3, 0.4) is 0 Å². The molecule has 0 saturated heterocycles. The Morgan fingerprint density at radius 2 is 2.14 bits per heavy atom. The zero-order valence-corrected chi connectivity index (χ0v) is 14.1. The molecule has 104 valence electrons. The quantitative estimate of drug-likeness (QED) is 0.639. The molecule has 0 amide bonds. The van der Waals surface area contributed by atoms with Gasteiger partial charge in [-0.1, -0.05) is 23.7 Å². The molecule has 0 aliphatic heterocycles. The molecule has 3 rings (SSSR count). The van der Waals surface area contributed by atoms with Gasteiger partial charge in [-0.2, -0.15) is 9.64 Å². The van der Waals surface area contributed by atoms with E-state index in [-0.39, 0.29) is 5.15 Å². The first-order chi connectivity index (χ1) is 10.2. The molecule has 5 nitrogen and oxygen atoms in total. The van der Waals surface area contributed by atoms with Gasteiger partial charge in [0.15, 0.2) is 5.15 Å². The minimum Gasteiger partial charge on any atom is -0.411 e. The first-order valence-electron chi connectivity index (χ1n) is 5.50. The summed E-state index contributed by atoms with van der Waals surface area (Å²) >= 11 is 11.6. The number of rotatable bonds is 3. The lowest BCUT2D eigenvalue weighted by atomic mass is 10.2. The van der Waals surface area contributed by atoms with Gasteiger partial charge in [-0.25, -0.2) is 0 Å². The number of hydrogen-bond acceptors (Lipinski definition) is 7. The summed E-state index contributed by atoms with van der Waals surface area (Å²) in [7, 11) is 0. The molecule has 9 heteroatoms. The van der Waals surface area contributed by atoms with E-state index in [1.807, 2.05) is 30.3 Å². The van der Waals surface area contributed by atoms with E-state index in [1.165, 1.54) is 11.8 Å². The zero-order valence-electron chi connectivity index (χ0n) is 10.1. The van der Waals surface area contributed by atoms with Crippen molar-refractivity contribution in [2.45, 2.75) is 9.43 Å². The van der Waals surface area contributed by atoms with E-state index >= 15 is 0 Å². The number of benzene rings is 1. The number of nitrogens with zero attached hydrogens (tertiary/aromatic N) is 4. The molecular weight excluding hydrogens is 396 g/mol. The Morgan fingerprint density at radius 3 is 2.90 bits per heavy atom. The van der Waals surface area contributed by atoms with Gasteiger partial charge < -0.3 is 4.42 Å². The summed E-state index contributed by atoms with van der Waals surface area (Å²) in [6, 6.07) is 9.56. The molecule has 0 atom stereocenters. The van der Waals surface area contributed by atoms with E-state index in [9.17, 15) is 0 Å². The van der Waals surface area contributed by atoms with Gasteiger partial charge in [-0.15, -0.1) is 10.2 Å². The second kappa shape index (κ2) is 6.15. The second-order valence-electron chi connectivity index (χ2n) is 3.70. The molecule has 0 unspecified atom stereocenters. The summed E-state index contributed by atoms with van der Waals surface area (Å²) in [6.45, 7) is 0. The van der Waals surface area contributed by atoms with Gasteiger partial charge in [-0.3, -0.25) is 0 Å². The Labute approximate surface area is 141 Å². The van der Waals surface area contributed by atoms with E-state index in [4.69, 9.17) is 21.3 Å². The Hall–Kier alpha value is -1.40. The Morgan fingerprint density at radius 1 is 1.33 bits per heavy atom. The van der Waals surface area contributed by atoms with Gasteiger partial charge in [0.05, 0.1) is 5.56 Å². The molecule has 3 aromatic rings. The molecule has 2 heterocycles. The summed E-state index contributed by atoms with van der Waals surface area (Å²) in [5.41, 5.74) is 1.13. The monoisotopic (exact) mass is 398 g/mol. The van der Waals surface area contributed by atoms with Crippen molar-refractivity contribution >= 4 is 50.8 Å². The smallest absolute Gasteiger partial charge is 0.282 e. The average Bonchev–Trinajstić information content (AvgIpc) is 3.07. The third-order valence-electron chi connectivity index (χ3n) is 2.42. The molecule has 1 aromatic carbocycles. The standard InChI is InChI=1S/C12H4BrClN4OS2/c13-8-4-2-1-3-6(8)10-16-17-12(19-10)20-11-7(5-15)9(14)18-21-11/h1-4H. The lowest BCUT2D eigenvalue weighted by Gasteiger charge is -1.97. The highest BCUT2D eigenvalue weighted by molar-refractivity contribution is 9.10. The molecule has 0 fully saturated rings. The van der Waals surface area contributed by atoms with E-state index in [1.54, 1.807) is 0 Å². The van der Waals surface area contributed by atoms with Gasteiger partial charge in [-0.05, 0) is 51.4 Å². The molecule has 2 aromatic heterocycles. The lowest BCUT2D eigenvalue weighted by molar-refractivity contribution is 0.466. The third-order valence-corrected chi connectivity index (χ3v) is 5.33. The van der Waals surface area contributed by atoms with Crippen molar-refractivity contribution < 1.29 is 4.42 Å². The maximum absolute atomic E-state index is 9.03. The van der Waals surface area contributed by atoms with Crippen LogP contribution in [-0.2, 0) is 0 Å². The topological polar surface area (TPSA) is 75.6 Å². The molecule has 0 aliphatic rings. The number of hydrogen-bond donors (Lipinski definition) is 0. The maximum Gasteiger partial charge on any atom is 0.282 e. The fourth-order valence-electron chi connectivity index (χ4n) is 1.49. The third kappa shape index (κ3) is 2.96. The molecule has 0 aliphatic carbocycles. The largest absolute Gasteiger partial charge is 0.411 e. The van der Waals surface area contributed by atoms with Gasteiger partial charge in [0.1, 0.15) is 15.8 Å². The molecule has 0 saturated carbocycles. The number of halogens is 2. The first kappa shape index (κ1) is 14.5. The van der Waals surface area contributed by atoms with Crippen LogP contribution in [0.5, 0.6) is 0 Å². The summed E-state index contributed by atoms with van der Waals surface area (Å²) in [6.07, 6.45) is 0. The fourth-order valence-corrected chi connectivity index (χ4v) is 3.87. The zero-order chi connectivity index (χ0) is 14.8. The van der Waals surface area contributed by atoms with Gasteiger partial charge in [0.25, 0.3) is 5.22 Å². The molecule has 21 heavy (non-hydrogen) atoms. The van der Waals surface area contributed by atoms with Crippen LogP contribution in [0.2, 0.25) is 5.15 Å². The van der Waals surface area contributed by atoms with Gasteiger partial charge in [0, 0.05) is 4.47 Å². The van der Waals surface area contributed by atoms with Crippen LogP contribution in [0.25, 0.3) is 11.5 Å². The first-order valence-corrected chi connectivity index (χ1v) is 8.26. The molecule has 0 bridgehead atoms. The highest BCUT2D eigenvalue weighted by atomic mass is 79.9. The SMILES string of the molecule is N#Cc1c(Cl)nsc1Sc1nnc(-c2ccccc2Br)o1. The van der Waals surface area contributed by atoms with Crippen LogP contribution in [-0.4, -0.2) is 14.6 Å². The number of nitriles is 1. The highest BCUT2D eigenvalue weighted by Gasteiger charge is 2.17. The summed E-state index contributed by atoms with van der Waals surface area (Å²) < 4.78 is 11.0. The summed E-state index contributed by atoms with van der Waals surface area (Å²) in [5, 5.41) is 17.5. The van der Waals surface area contributed by atoms with Crippen molar-refractivity contribution in [3.05, 3.63) is 39.5 Å². The van der Waals surface area contributed by atoms with E-state index in [2.05, 4.69) is 30.5 Å². The van der Waals surface area contributed by atoms with Crippen LogP contribution < -0.4 is 0 Å². The van der Waals surface area contributed by atoms with Crippen LogP contribution in [0.4, 0.5) is 0 Å². The fraction of sp³-hybridized carbons (Fsp3) is 0. The summed E-state index contributed by atoms with van der Waals surface area (Å²) in [4.78, 5) is 0. The van der Waals surface area contributed by atoms with E-state index in [0.717, 1.165) is 21.6 Å². The average molecular weight is 400 g/mol. The van der Waals surface area contributed by atoms with Crippen molar-refractivity contribution in [3.8, 4) is 17.5 Å². The molecular formula is C12H4BrClN4OS2. The van der Waals surface area contributed by atoms with Crippen molar-refractivity contribution in [2.24, 2.45) is 0 Å². The van der Waals surface area contributed by atoms with Crippen LogP contribution >= 0.6 is 50.8 Å². The highest BCUT2D eigenvalue weighted by Crippen LogP contribution is 2.37. The predicted octanol–water partition coefficient (Wildman–Crippen LogP) is 4.63. The van der Waals surface area contributed by atoms with Gasteiger partial charge >= 0.3 is 0 Å². The maximum atomic E-state index is 9.03. The van der Waals surface area contributed by atoms with Crippen LogP contribution in [0, 0.1) is 11.3 Å². The lowest BCUT2D eigenvalue weighted by Crippen LogP contribution is -1.78. The van der Waals surface area contributed by atoms with Crippen molar-refractivity contribution in [2.75, 3.05) is 0 Å². The minimum atomic E-state index is 0.190. The summed E-state index contributed by atoms with van der Waals surface area (Å²) in [5.74, 6) is 0.402. The van der Waals surface area contributed by atoms with Crippen LogP contribution in [0.1, 0.15) is 5.56 Å². The van der Waals surface area contributed by atoms with Crippen molar-refractivity contribution in [1.82, 2.24) is 14.6 Å². The number of aromatic nitrogens is 3. The molecule has 0 N–H and O–H groups in total.